The van der Waals surface area contributed by atoms with Crippen molar-refractivity contribution in [1.29, 1.82) is 0 Å². The van der Waals surface area contributed by atoms with Crippen LogP contribution in [0.1, 0.15) is 71.6 Å². The van der Waals surface area contributed by atoms with Crippen molar-refractivity contribution in [3.63, 3.8) is 0 Å². The normalized spacial score (nSPS) is 54.0. The van der Waals surface area contributed by atoms with E-state index in [1.165, 1.54) is 0 Å². The molecule has 3 saturated carbocycles. The van der Waals surface area contributed by atoms with Gasteiger partial charge in [-0.05, 0) is 56.9 Å². The van der Waals surface area contributed by atoms with Gasteiger partial charge in [0, 0.05) is 29.6 Å². The van der Waals surface area contributed by atoms with Gasteiger partial charge >= 0.3 is 11.9 Å². The van der Waals surface area contributed by atoms with Crippen LogP contribution in [0.4, 0.5) is 0 Å². The molecular weight excluding hydrogens is 356 g/mol. The van der Waals surface area contributed by atoms with Gasteiger partial charge in [-0.3, -0.25) is 14.4 Å². The molecule has 28 heavy (non-hydrogen) atoms. The highest BCUT2D eigenvalue weighted by Crippen LogP contribution is 2.74. The van der Waals surface area contributed by atoms with E-state index >= 15 is 0 Å². The molecule has 0 amide bonds. The molecule has 0 radical (unpaired) electrons. The Hall–Kier alpha value is -1.65. The summed E-state index contributed by atoms with van der Waals surface area (Å²) < 4.78 is 12.3. The topological polar surface area (TPSA) is 69.7 Å². The van der Waals surface area contributed by atoms with Crippen LogP contribution in [0.25, 0.3) is 0 Å². The molecule has 0 aromatic rings. The molecule has 2 saturated heterocycles. The fourth-order valence-corrected chi connectivity index (χ4v) is 8.52. The Balaban J connectivity index is 1.48. The second-order valence-electron chi connectivity index (χ2n) is 10.6. The third-order valence-corrected chi connectivity index (χ3v) is 10.1. The lowest BCUT2D eigenvalue weighted by Gasteiger charge is -2.61. The second kappa shape index (κ2) is 4.91. The van der Waals surface area contributed by atoms with Crippen LogP contribution in [0, 0.1) is 28.6 Å². The van der Waals surface area contributed by atoms with Crippen molar-refractivity contribution in [3.8, 4) is 0 Å². The Labute approximate surface area is 165 Å². The molecule has 6 rings (SSSR count). The molecule has 7 atom stereocenters. The Morgan fingerprint density at radius 3 is 2.54 bits per heavy atom. The standard InChI is InChI=1S/C23H28O5/c1-20-6-3-14(24)11-13(20)12-15-18-16-4-7-22(8-5-17(25)27-22)21(16,2)9-10-23(18,20)28-19(15)26/h11,15-16,18H,3-10,12H2,1-2H3/t15-,16+,18+,20+,21+,22-,23-/m1/s1. The monoisotopic (exact) mass is 384 g/mol. The molecule has 6 aliphatic rings. The molecule has 150 valence electrons. The number of hydrogen-bond donors (Lipinski definition) is 0. The van der Waals surface area contributed by atoms with Gasteiger partial charge in [0.15, 0.2) is 5.78 Å². The number of rotatable bonds is 0. The summed E-state index contributed by atoms with van der Waals surface area (Å²) in [5, 5.41) is 0. The summed E-state index contributed by atoms with van der Waals surface area (Å²) in [5.74, 6) is 0.411. The van der Waals surface area contributed by atoms with Crippen molar-refractivity contribution in [3.05, 3.63) is 11.6 Å². The number of carbonyl (C=O) groups is 3. The average Bonchev–Trinajstić information content (AvgIpc) is 3.24. The van der Waals surface area contributed by atoms with Gasteiger partial charge < -0.3 is 9.47 Å². The molecule has 0 aromatic heterocycles. The van der Waals surface area contributed by atoms with Crippen LogP contribution in [-0.4, -0.2) is 28.9 Å². The Kier molecular flexibility index (Phi) is 3.02. The maximum absolute atomic E-state index is 13.0. The van der Waals surface area contributed by atoms with E-state index in [1.54, 1.807) is 0 Å². The van der Waals surface area contributed by atoms with Crippen LogP contribution in [0.15, 0.2) is 11.6 Å². The van der Waals surface area contributed by atoms with Gasteiger partial charge in [-0.15, -0.1) is 0 Å². The first-order valence-corrected chi connectivity index (χ1v) is 10.9. The van der Waals surface area contributed by atoms with E-state index in [9.17, 15) is 14.4 Å². The molecule has 5 fully saturated rings. The summed E-state index contributed by atoms with van der Waals surface area (Å²) >= 11 is 0. The summed E-state index contributed by atoms with van der Waals surface area (Å²) in [7, 11) is 0. The largest absolute Gasteiger partial charge is 0.458 e. The van der Waals surface area contributed by atoms with E-state index in [-0.39, 0.29) is 46.0 Å². The first-order valence-electron chi connectivity index (χ1n) is 10.9. The molecular formula is C23H28O5. The van der Waals surface area contributed by atoms with Gasteiger partial charge in [-0.1, -0.05) is 19.4 Å². The number of hydrogen-bond acceptors (Lipinski definition) is 5. The molecule has 2 aliphatic heterocycles. The minimum Gasteiger partial charge on any atom is -0.458 e. The highest BCUT2D eigenvalue weighted by molar-refractivity contribution is 5.92. The van der Waals surface area contributed by atoms with Crippen LogP contribution >= 0.6 is 0 Å². The summed E-state index contributed by atoms with van der Waals surface area (Å²) in [4.78, 5) is 37.2. The molecule has 0 unspecified atom stereocenters. The van der Waals surface area contributed by atoms with Gasteiger partial charge in [0.25, 0.3) is 0 Å². The maximum Gasteiger partial charge on any atom is 0.310 e. The fourth-order valence-electron chi connectivity index (χ4n) is 8.52. The van der Waals surface area contributed by atoms with Crippen molar-refractivity contribution in [1.82, 2.24) is 0 Å². The van der Waals surface area contributed by atoms with Gasteiger partial charge in [0.1, 0.15) is 11.2 Å². The van der Waals surface area contributed by atoms with Crippen LogP contribution in [-0.2, 0) is 23.9 Å². The fraction of sp³-hybridized carbons (Fsp3) is 0.783. The number of fused-ring (bicyclic) bond motifs is 3. The van der Waals surface area contributed by atoms with Crippen molar-refractivity contribution in [2.45, 2.75) is 82.8 Å². The SMILES string of the molecule is C[C@]12CCC(=O)C=C1C[C@H]1C(=O)O[C@@]23CC[C@@]2(C)[C@@H](CC[C@@]24CCC(=O)O4)[C@H]13. The van der Waals surface area contributed by atoms with Crippen LogP contribution in [0.2, 0.25) is 0 Å². The van der Waals surface area contributed by atoms with Crippen molar-refractivity contribution in [2.75, 3.05) is 0 Å². The predicted octanol–water partition coefficient (Wildman–Crippen LogP) is 3.50. The molecule has 1 spiro atoms. The van der Waals surface area contributed by atoms with E-state index in [0.29, 0.717) is 25.2 Å². The van der Waals surface area contributed by atoms with E-state index in [2.05, 4.69) is 13.8 Å². The minimum atomic E-state index is -0.488. The number of esters is 2. The molecule has 5 nitrogen and oxygen atoms in total. The summed E-state index contributed by atoms with van der Waals surface area (Å²) in [5.41, 5.74) is -0.0188. The zero-order valence-electron chi connectivity index (χ0n) is 16.7. The van der Waals surface area contributed by atoms with Crippen molar-refractivity contribution < 1.29 is 23.9 Å². The van der Waals surface area contributed by atoms with Gasteiger partial charge in [0.05, 0.1) is 5.92 Å². The molecule has 2 heterocycles. The summed E-state index contributed by atoms with van der Waals surface area (Å²) in [6.45, 7) is 4.54. The highest BCUT2D eigenvalue weighted by atomic mass is 16.6. The molecule has 5 heteroatoms. The lowest BCUT2D eigenvalue weighted by Crippen LogP contribution is -2.64. The lowest BCUT2D eigenvalue weighted by atomic mass is 9.43. The predicted molar refractivity (Wildman–Crippen MR) is 99.0 cm³/mol. The highest BCUT2D eigenvalue weighted by Gasteiger charge is 2.77. The number of ketones is 1. The third-order valence-electron chi connectivity index (χ3n) is 10.1. The molecule has 2 bridgehead atoms. The van der Waals surface area contributed by atoms with E-state index < -0.39 is 5.60 Å². The van der Waals surface area contributed by atoms with E-state index in [4.69, 9.17) is 9.47 Å². The van der Waals surface area contributed by atoms with E-state index in [1.807, 2.05) is 6.08 Å². The zero-order valence-corrected chi connectivity index (χ0v) is 16.7. The molecule has 4 aliphatic carbocycles. The molecule has 0 aromatic carbocycles. The quantitative estimate of drug-likeness (QED) is 0.598. The number of carbonyl (C=O) groups excluding carboxylic acids is 3. The first kappa shape index (κ1) is 17.2. The van der Waals surface area contributed by atoms with Crippen molar-refractivity contribution in [2.24, 2.45) is 28.6 Å². The Morgan fingerprint density at radius 1 is 0.964 bits per heavy atom. The molecule has 0 N–H and O–H groups in total. The lowest BCUT2D eigenvalue weighted by molar-refractivity contribution is -0.200. The number of ether oxygens (including phenoxy) is 2. The summed E-state index contributed by atoms with van der Waals surface area (Å²) in [6.07, 6.45) is 8.76. The zero-order chi connectivity index (χ0) is 19.5. The van der Waals surface area contributed by atoms with Crippen LogP contribution in [0.5, 0.6) is 0 Å². The van der Waals surface area contributed by atoms with Crippen molar-refractivity contribution >= 4 is 17.7 Å². The van der Waals surface area contributed by atoms with Gasteiger partial charge in [-0.2, -0.15) is 0 Å². The van der Waals surface area contributed by atoms with E-state index in [0.717, 1.165) is 44.1 Å². The Morgan fingerprint density at radius 2 is 1.79 bits per heavy atom. The minimum absolute atomic E-state index is 0.0657. The van der Waals surface area contributed by atoms with Gasteiger partial charge in [-0.25, -0.2) is 0 Å². The van der Waals surface area contributed by atoms with Gasteiger partial charge in [0.2, 0.25) is 0 Å². The van der Waals surface area contributed by atoms with Crippen LogP contribution < -0.4 is 0 Å². The second-order valence-corrected chi connectivity index (χ2v) is 10.6. The summed E-state index contributed by atoms with van der Waals surface area (Å²) in [6, 6.07) is 0. The third kappa shape index (κ3) is 1.66. The maximum atomic E-state index is 13.0. The van der Waals surface area contributed by atoms with Crippen LogP contribution in [0.3, 0.4) is 0 Å². The Bertz CT molecular complexity index is 859. The first-order chi connectivity index (χ1) is 13.2. The smallest absolute Gasteiger partial charge is 0.310 e. The average molecular weight is 384 g/mol.